The van der Waals surface area contributed by atoms with E-state index in [2.05, 4.69) is 32.6 Å². The van der Waals surface area contributed by atoms with Gasteiger partial charge < -0.3 is 9.64 Å². The lowest BCUT2D eigenvalue weighted by atomic mass is 9.98. The zero-order valence-electron chi connectivity index (χ0n) is 15.7. The van der Waals surface area contributed by atoms with E-state index < -0.39 is 5.60 Å². The van der Waals surface area contributed by atoms with E-state index in [1.807, 2.05) is 25.7 Å². The number of rotatable bonds is 5. The molecule has 22 heavy (non-hydrogen) atoms. The molecule has 0 aromatic heterocycles. The predicted octanol–water partition coefficient (Wildman–Crippen LogP) is 4.28. The van der Waals surface area contributed by atoms with Crippen molar-refractivity contribution in [1.29, 1.82) is 0 Å². The van der Waals surface area contributed by atoms with Crippen molar-refractivity contribution in [3.8, 4) is 0 Å². The molecular formula is C18H36N2O2. The molecule has 0 aromatic carbocycles. The molecule has 0 aliphatic carbocycles. The molecule has 0 N–H and O–H groups in total. The van der Waals surface area contributed by atoms with Crippen molar-refractivity contribution in [2.45, 2.75) is 97.9 Å². The van der Waals surface area contributed by atoms with Crippen LogP contribution in [0.1, 0.15) is 74.1 Å². The summed E-state index contributed by atoms with van der Waals surface area (Å²) in [5.41, 5.74) is -0.423. The van der Waals surface area contributed by atoms with E-state index in [1.165, 1.54) is 25.7 Å². The molecule has 1 saturated heterocycles. The highest BCUT2D eigenvalue weighted by Crippen LogP contribution is 2.25. The Morgan fingerprint density at radius 2 is 1.55 bits per heavy atom. The molecule has 1 fully saturated rings. The Labute approximate surface area is 137 Å². The molecule has 0 spiro atoms. The Morgan fingerprint density at radius 1 is 1.09 bits per heavy atom. The third-order valence-electron chi connectivity index (χ3n) is 4.30. The van der Waals surface area contributed by atoms with E-state index in [-0.39, 0.29) is 6.09 Å². The Morgan fingerprint density at radius 3 is 1.91 bits per heavy atom. The molecule has 4 heteroatoms. The monoisotopic (exact) mass is 312 g/mol. The van der Waals surface area contributed by atoms with Crippen molar-refractivity contribution in [3.63, 3.8) is 0 Å². The van der Waals surface area contributed by atoms with Gasteiger partial charge in [0.15, 0.2) is 0 Å². The second-order valence-electron chi connectivity index (χ2n) is 7.76. The normalized spacial score (nSPS) is 23.9. The second kappa shape index (κ2) is 8.19. The summed E-state index contributed by atoms with van der Waals surface area (Å²) in [6, 6.07) is 1.42. The third kappa shape index (κ3) is 5.45. The van der Waals surface area contributed by atoms with Gasteiger partial charge in [-0.2, -0.15) is 0 Å². The summed E-state index contributed by atoms with van der Waals surface area (Å²) < 4.78 is 5.53. The van der Waals surface area contributed by atoms with Crippen LogP contribution in [0.3, 0.4) is 0 Å². The second-order valence-corrected chi connectivity index (χ2v) is 7.76. The molecule has 0 bridgehead atoms. The Hall–Kier alpha value is -0.770. The van der Waals surface area contributed by atoms with E-state index in [0.717, 1.165) is 13.1 Å². The molecule has 1 rings (SSSR count). The largest absolute Gasteiger partial charge is 0.444 e. The maximum absolute atomic E-state index is 12.3. The molecule has 1 aliphatic rings. The van der Waals surface area contributed by atoms with Gasteiger partial charge in [-0.1, -0.05) is 26.7 Å². The zero-order valence-corrected chi connectivity index (χ0v) is 15.7. The summed E-state index contributed by atoms with van der Waals surface area (Å²) in [5, 5.41) is 0. The molecule has 2 unspecified atom stereocenters. The van der Waals surface area contributed by atoms with Gasteiger partial charge in [0.25, 0.3) is 0 Å². The smallest absolute Gasteiger partial charge is 0.410 e. The summed E-state index contributed by atoms with van der Waals surface area (Å²) in [5.74, 6) is 0. The summed E-state index contributed by atoms with van der Waals surface area (Å²) in [7, 11) is 0. The Balaban J connectivity index is 2.73. The van der Waals surface area contributed by atoms with Crippen molar-refractivity contribution in [2.75, 3.05) is 13.1 Å². The van der Waals surface area contributed by atoms with Crippen molar-refractivity contribution in [3.05, 3.63) is 0 Å². The Bertz CT molecular complexity index is 333. The first-order valence-corrected chi connectivity index (χ1v) is 8.94. The predicted molar refractivity (Wildman–Crippen MR) is 92.2 cm³/mol. The van der Waals surface area contributed by atoms with Crippen LogP contribution in [0.25, 0.3) is 0 Å². The summed E-state index contributed by atoms with van der Waals surface area (Å²) in [4.78, 5) is 16.8. The fourth-order valence-electron chi connectivity index (χ4n) is 3.64. The number of nitrogens with zero attached hydrogens (tertiary/aromatic N) is 2. The molecule has 1 aliphatic heterocycles. The minimum atomic E-state index is -0.423. The SMILES string of the molecule is CCCC(CCC)N1C(C)CN(C(=O)OC(C)(C)C)CC1C. The van der Waals surface area contributed by atoms with E-state index in [4.69, 9.17) is 4.74 Å². The average molecular weight is 312 g/mol. The van der Waals surface area contributed by atoms with Crippen LogP contribution in [0.15, 0.2) is 0 Å². The van der Waals surface area contributed by atoms with Crippen LogP contribution in [0.5, 0.6) is 0 Å². The first-order chi connectivity index (χ1) is 10.2. The van der Waals surface area contributed by atoms with Gasteiger partial charge in [0.05, 0.1) is 0 Å². The van der Waals surface area contributed by atoms with Crippen molar-refractivity contribution >= 4 is 6.09 Å². The molecule has 1 amide bonds. The average Bonchev–Trinajstić information content (AvgIpc) is 2.36. The van der Waals surface area contributed by atoms with Gasteiger partial charge in [0.1, 0.15) is 5.60 Å². The molecule has 0 aromatic rings. The highest BCUT2D eigenvalue weighted by atomic mass is 16.6. The molecule has 0 saturated carbocycles. The summed E-state index contributed by atoms with van der Waals surface area (Å²) >= 11 is 0. The topological polar surface area (TPSA) is 32.8 Å². The summed E-state index contributed by atoms with van der Waals surface area (Å²) in [6.45, 7) is 16.3. The van der Waals surface area contributed by atoms with Crippen LogP contribution in [0.4, 0.5) is 4.79 Å². The molecule has 4 nitrogen and oxygen atoms in total. The van der Waals surface area contributed by atoms with E-state index in [0.29, 0.717) is 18.1 Å². The molecule has 1 heterocycles. The van der Waals surface area contributed by atoms with Gasteiger partial charge in [-0.25, -0.2) is 4.79 Å². The number of carbonyl (C=O) groups is 1. The van der Waals surface area contributed by atoms with E-state index in [1.54, 1.807) is 0 Å². The Kier molecular flexibility index (Phi) is 7.17. The molecule has 0 radical (unpaired) electrons. The van der Waals surface area contributed by atoms with Crippen LogP contribution < -0.4 is 0 Å². The first-order valence-electron chi connectivity index (χ1n) is 8.94. The highest BCUT2D eigenvalue weighted by molar-refractivity contribution is 5.68. The van der Waals surface area contributed by atoms with Crippen LogP contribution in [0.2, 0.25) is 0 Å². The number of carbonyl (C=O) groups excluding carboxylic acids is 1. The van der Waals surface area contributed by atoms with Crippen LogP contribution >= 0.6 is 0 Å². The number of hydrogen-bond acceptors (Lipinski definition) is 3. The minimum Gasteiger partial charge on any atom is -0.444 e. The van der Waals surface area contributed by atoms with Gasteiger partial charge in [0.2, 0.25) is 0 Å². The fourth-order valence-corrected chi connectivity index (χ4v) is 3.64. The molecule has 130 valence electrons. The number of piperazine rings is 1. The number of amides is 1. The highest BCUT2D eigenvalue weighted by Gasteiger charge is 2.36. The summed E-state index contributed by atoms with van der Waals surface area (Å²) in [6.07, 6.45) is 4.75. The van der Waals surface area contributed by atoms with Gasteiger partial charge in [-0.15, -0.1) is 0 Å². The van der Waals surface area contributed by atoms with Crippen LogP contribution in [0, 0.1) is 0 Å². The van der Waals surface area contributed by atoms with Gasteiger partial charge >= 0.3 is 6.09 Å². The van der Waals surface area contributed by atoms with Crippen LogP contribution in [-0.2, 0) is 4.74 Å². The quantitative estimate of drug-likeness (QED) is 0.759. The van der Waals surface area contributed by atoms with Crippen LogP contribution in [-0.4, -0.2) is 52.7 Å². The molecular weight excluding hydrogens is 276 g/mol. The zero-order chi connectivity index (χ0) is 16.9. The first kappa shape index (κ1) is 19.3. The van der Waals surface area contributed by atoms with Gasteiger partial charge in [0, 0.05) is 31.2 Å². The van der Waals surface area contributed by atoms with Gasteiger partial charge in [-0.3, -0.25) is 4.90 Å². The van der Waals surface area contributed by atoms with Crippen molar-refractivity contribution in [1.82, 2.24) is 9.80 Å². The fraction of sp³-hybridized carbons (Fsp3) is 0.944. The van der Waals surface area contributed by atoms with Crippen molar-refractivity contribution in [2.24, 2.45) is 0 Å². The lowest BCUT2D eigenvalue weighted by molar-refractivity contribution is -0.0233. The minimum absolute atomic E-state index is 0.173. The lowest BCUT2D eigenvalue weighted by Gasteiger charge is -2.48. The van der Waals surface area contributed by atoms with Gasteiger partial charge in [-0.05, 0) is 47.5 Å². The maximum atomic E-state index is 12.3. The molecule has 2 atom stereocenters. The number of ether oxygens (including phenoxy) is 1. The lowest BCUT2D eigenvalue weighted by Crippen LogP contribution is -2.61. The standard InChI is InChI=1S/C18H36N2O2/c1-8-10-16(11-9-2)20-14(3)12-19(13-15(20)4)17(21)22-18(5,6)7/h14-16H,8-13H2,1-7H3. The third-order valence-corrected chi connectivity index (χ3v) is 4.30. The van der Waals surface area contributed by atoms with E-state index in [9.17, 15) is 4.79 Å². The van der Waals surface area contributed by atoms with E-state index >= 15 is 0 Å². The number of hydrogen-bond donors (Lipinski definition) is 0. The maximum Gasteiger partial charge on any atom is 0.410 e. The van der Waals surface area contributed by atoms with Crippen molar-refractivity contribution < 1.29 is 9.53 Å².